The van der Waals surface area contributed by atoms with E-state index in [2.05, 4.69) is 15.6 Å². The van der Waals surface area contributed by atoms with Gasteiger partial charge in [0.05, 0.1) is 25.3 Å². The Morgan fingerprint density at radius 2 is 2.07 bits per heavy atom. The van der Waals surface area contributed by atoms with Gasteiger partial charge in [-0.1, -0.05) is 6.07 Å². The van der Waals surface area contributed by atoms with Crippen molar-refractivity contribution in [1.29, 1.82) is 0 Å². The van der Waals surface area contributed by atoms with Crippen LogP contribution in [-0.4, -0.2) is 23.9 Å². The third-order valence-corrected chi connectivity index (χ3v) is 6.55. The van der Waals surface area contributed by atoms with Crippen molar-refractivity contribution < 1.29 is 14.3 Å². The molecule has 28 heavy (non-hydrogen) atoms. The van der Waals surface area contributed by atoms with Crippen LogP contribution >= 0.6 is 22.7 Å². The van der Waals surface area contributed by atoms with Gasteiger partial charge < -0.3 is 10.1 Å². The summed E-state index contributed by atoms with van der Waals surface area (Å²) in [5.74, 6) is 0.207. The lowest BCUT2D eigenvalue weighted by atomic mass is 10.1. The first-order chi connectivity index (χ1) is 13.6. The molecule has 0 fully saturated rings. The van der Waals surface area contributed by atoms with Crippen LogP contribution in [0.25, 0.3) is 0 Å². The smallest absolute Gasteiger partial charge is 0.257 e. The maximum atomic E-state index is 12.6. The zero-order valence-corrected chi connectivity index (χ0v) is 16.9. The molecule has 0 spiro atoms. The number of aromatic nitrogens is 1. The van der Waals surface area contributed by atoms with Crippen LogP contribution in [0.1, 0.15) is 38.1 Å². The molecule has 0 saturated heterocycles. The SMILES string of the molecule is COc1ccc(C(=O)Nc2nc3c(s2)CC[C@@H]3C(=O)NCc2cccs2)cc1. The van der Waals surface area contributed by atoms with Gasteiger partial charge in [0.15, 0.2) is 5.13 Å². The number of amides is 2. The van der Waals surface area contributed by atoms with E-state index in [4.69, 9.17) is 4.74 Å². The molecular weight excluding hydrogens is 394 g/mol. The number of anilines is 1. The summed E-state index contributed by atoms with van der Waals surface area (Å²) in [4.78, 5) is 31.7. The van der Waals surface area contributed by atoms with Crippen LogP contribution in [0, 0.1) is 0 Å². The molecule has 1 aromatic carbocycles. The Labute approximate surface area is 170 Å². The number of hydrogen-bond acceptors (Lipinski definition) is 6. The number of hydrogen-bond donors (Lipinski definition) is 2. The first-order valence-corrected chi connectivity index (χ1v) is 10.6. The van der Waals surface area contributed by atoms with Crippen molar-refractivity contribution in [2.45, 2.75) is 25.3 Å². The maximum Gasteiger partial charge on any atom is 0.257 e. The molecule has 8 heteroatoms. The summed E-state index contributed by atoms with van der Waals surface area (Å²) in [6.07, 6.45) is 1.57. The van der Waals surface area contributed by atoms with E-state index in [-0.39, 0.29) is 17.7 Å². The normalized spacial score (nSPS) is 15.1. The second kappa shape index (κ2) is 8.12. The topological polar surface area (TPSA) is 80.3 Å². The Morgan fingerprint density at radius 1 is 1.25 bits per heavy atom. The Hall–Kier alpha value is -2.71. The molecule has 2 N–H and O–H groups in total. The van der Waals surface area contributed by atoms with Crippen LogP contribution in [0.15, 0.2) is 41.8 Å². The fraction of sp³-hybridized carbons (Fsp3) is 0.250. The fourth-order valence-electron chi connectivity index (χ4n) is 3.16. The molecule has 1 aliphatic rings. The molecule has 0 unspecified atom stereocenters. The van der Waals surface area contributed by atoms with E-state index in [1.54, 1.807) is 42.7 Å². The van der Waals surface area contributed by atoms with Crippen molar-refractivity contribution >= 4 is 39.6 Å². The average molecular weight is 414 g/mol. The molecule has 2 heterocycles. The predicted molar refractivity (Wildman–Crippen MR) is 110 cm³/mol. The lowest BCUT2D eigenvalue weighted by Gasteiger charge is -2.10. The average Bonchev–Trinajstić information content (AvgIpc) is 3.43. The summed E-state index contributed by atoms with van der Waals surface area (Å²) in [7, 11) is 1.58. The molecule has 2 amide bonds. The summed E-state index contributed by atoms with van der Waals surface area (Å²) in [5, 5.41) is 8.35. The standard InChI is InChI=1S/C20H19N3O3S2/c1-26-13-6-4-12(5-7-13)18(24)23-20-22-17-15(8-9-16(17)28-20)19(25)21-11-14-3-2-10-27-14/h2-7,10,15H,8-9,11H2,1H3,(H,21,25)(H,22,23,24)/t15-/m0/s1. The molecule has 144 valence electrons. The highest BCUT2D eigenvalue weighted by Crippen LogP contribution is 2.38. The van der Waals surface area contributed by atoms with Gasteiger partial charge in [0.2, 0.25) is 5.91 Å². The van der Waals surface area contributed by atoms with Crippen LogP contribution in [-0.2, 0) is 17.8 Å². The quantitative estimate of drug-likeness (QED) is 0.644. The number of nitrogens with zero attached hydrogens (tertiary/aromatic N) is 1. The predicted octanol–water partition coefficient (Wildman–Crippen LogP) is 3.81. The molecule has 1 aliphatic carbocycles. The largest absolute Gasteiger partial charge is 0.497 e. The Bertz CT molecular complexity index is 981. The van der Waals surface area contributed by atoms with Gasteiger partial charge in [-0.2, -0.15) is 0 Å². The third-order valence-electron chi connectivity index (χ3n) is 4.62. The lowest BCUT2D eigenvalue weighted by molar-refractivity contribution is -0.122. The number of rotatable bonds is 6. The minimum absolute atomic E-state index is 0.00881. The van der Waals surface area contributed by atoms with Gasteiger partial charge in [0.1, 0.15) is 5.75 Å². The molecule has 1 atom stereocenters. The van der Waals surface area contributed by atoms with E-state index in [0.29, 0.717) is 23.0 Å². The number of carbonyl (C=O) groups excluding carboxylic acids is 2. The highest BCUT2D eigenvalue weighted by Gasteiger charge is 2.32. The molecule has 3 aromatic rings. The number of thiophene rings is 1. The molecule has 0 radical (unpaired) electrons. The molecule has 2 aromatic heterocycles. The van der Waals surface area contributed by atoms with Crippen LogP contribution < -0.4 is 15.4 Å². The highest BCUT2D eigenvalue weighted by molar-refractivity contribution is 7.16. The van der Waals surface area contributed by atoms with Crippen molar-refractivity contribution in [3.63, 3.8) is 0 Å². The van der Waals surface area contributed by atoms with Crippen molar-refractivity contribution in [3.8, 4) is 5.75 Å². The minimum atomic E-state index is -0.252. The van der Waals surface area contributed by atoms with Gasteiger partial charge in [0.25, 0.3) is 5.91 Å². The summed E-state index contributed by atoms with van der Waals surface area (Å²) < 4.78 is 5.11. The second-order valence-electron chi connectivity index (χ2n) is 6.40. The summed E-state index contributed by atoms with van der Waals surface area (Å²) in [6.45, 7) is 0.535. The van der Waals surface area contributed by atoms with Gasteiger partial charge >= 0.3 is 0 Å². The van der Waals surface area contributed by atoms with Crippen LogP contribution in [0.4, 0.5) is 5.13 Å². The number of nitrogens with one attached hydrogen (secondary N) is 2. The zero-order valence-electron chi connectivity index (χ0n) is 15.2. The van der Waals surface area contributed by atoms with Crippen molar-refractivity contribution in [2.24, 2.45) is 0 Å². The molecule has 6 nitrogen and oxygen atoms in total. The molecular formula is C20H19N3O3S2. The van der Waals surface area contributed by atoms with E-state index in [1.165, 1.54) is 11.3 Å². The Kier molecular flexibility index (Phi) is 5.40. The first kappa shape index (κ1) is 18.6. The number of ether oxygens (including phenoxy) is 1. The van der Waals surface area contributed by atoms with E-state index in [1.807, 2.05) is 17.5 Å². The number of carbonyl (C=O) groups is 2. The van der Waals surface area contributed by atoms with Gasteiger partial charge in [-0.15, -0.1) is 22.7 Å². The van der Waals surface area contributed by atoms with Gasteiger partial charge in [-0.25, -0.2) is 4.98 Å². The molecule has 0 aliphatic heterocycles. The minimum Gasteiger partial charge on any atom is -0.497 e. The Morgan fingerprint density at radius 3 is 2.79 bits per heavy atom. The van der Waals surface area contributed by atoms with Crippen LogP contribution in [0.3, 0.4) is 0 Å². The molecule has 0 bridgehead atoms. The molecule has 4 rings (SSSR count). The van der Waals surface area contributed by atoms with Crippen molar-refractivity contribution in [3.05, 3.63) is 62.8 Å². The lowest BCUT2D eigenvalue weighted by Crippen LogP contribution is -2.27. The number of methoxy groups -OCH3 is 1. The van der Waals surface area contributed by atoms with E-state index in [0.717, 1.165) is 28.3 Å². The van der Waals surface area contributed by atoms with Crippen molar-refractivity contribution in [2.75, 3.05) is 12.4 Å². The third kappa shape index (κ3) is 3.93. The first-order valence-electron chi connectivity index (χ1n) is 8.89. The molecule has 0 saturated carbocycles. The zero-order chi connectivity index (χ0) is 19.5. The summed E-state index contributed by atoms with van der Waals surface area (Å²) in [6, 6.07) is 10.9. The van der Waals surface area contributed by atoms with Crippen LogP contribution in [0.5, 0.6) is 5.75 Å². The Balaban J connectivity index is 1.41. The fourth-order valence-corrected chi connectivity index (χ4v) is 4.84. The highest BCUT2D eigenvalue weighted by atomic mass is 32.1. The van der Waals surface area contributed by atoms with Crippen LogP contribution in [0.2, 0.25) is 0 Å². The summed E-state index contributed by atoms with van der Waals surface area (Å²) in [5.41, 5.74) is 1.32. The van der Waals surface area contributed by atoms with E-state index < -0.39 is 0 Å². The number of fused-ring (bicyclic) bond motifs is 1. The van der Waals surface area contributed by atoms with Gasteiger partial charge in [0, 0.05) is 15.3 Å². The maximum absolute atomic E-state index is 12.6. The van der Waals surface area contributed by atoms with Gasteiger partial charge in [-0.3, -0.25) is 14.9 Å². The van der Waals surface area contributed by atoms with E-state index >= 15 is 0 Å². The number of thiazole rings is 1. The number of aryl methyl sites for hydroxylation is 1. The second-order valence-corrected chi connectivity index (χ2v) is 8.51. The van der Waals surface area contributed by atoms with Gasteiger partial charge in [-0.05, 0) is 48.6 Å². The monoisotopic (exact) mass is 413 g/mol. The van der Waals surface area contributed by atoms with E-state index in [9.17, 15) is 9.59 Å². The summed E-state index contributed by atoms with van der Waals surface area (Å²) >= 11 is 3.06. The number of benzene rings is 1. The van der Waals surface area contributed by atoms with Crippen molar-refractivity contribution in [1.82, 2.24) is 10.3 Å².